The monoisotopic (exact) mass is 335 g/mol. The van der Waals surface area contributed by atoms with Crippen molar-refractivity contribution in [3.63, 3.8) is 0 Å². The maximum Gasteiger partial charge on any atom is 0.265 e. The molecule has 0 fully saturated rings. The van der Waals surface area contributed by atoms with Crippen LogP contribution in [0.5, 0.6) is 0 Å². The second-order valence-electron chi connectivity index (χ2n) is 5.72. The molecule has 124 valence electrons. The van der Waals surface area contributed by atoms with Crippen LogP contribution in [0.15, 0.2) is 36.4 Å². The van der Waals surface area contributed by atoms with Crippen molar-refractivity contribution in [2.75, 3.05) is 12.3 Å². The Hall–Kier alpha value is -1.76. The van der Waals surface area contributed by atoms with Gasteiger partial charge in [-0.15, -0.1) is 0 Å². The minimum absolute atomic E-state index is 0. The first-order valence-corrected chi connectivity index (χ1v) is 9.19. The number of hydrogen-bond acceptors (Lipinski definition) is 3. The highest BCUT2D eigenvalue weighted by Crippen LogP contribution is 2.39. The van der Waals surface area contributed by atoms with Gasteiger partial charge in [-0.1, -0.05) is 31.2 Å². The average Bonchev–Trinajstić information content (AvgIpc) is 2.84. The molecular formula is C17H21NO4S. The van der Waals surface area contributed by atoms with Gasteiger partial charge in [0.1, 0.15) is 6.54 Å². The lowest BCUT2D eigenvalue weighted by atomic mass is 9.93. The Kier molecular flexibility index (Phi) is 5.19. The topological polar surface area (TPSA) is 87.4 Å². The molecule has 0 bridgehead atoms. The van der Waals surface area contributed by atoms with E-state index < -0.39 is 10.1 Å². The fraction of sp³-hybridized carbons (Fsp3) is 0.353. The summed E-state index contributed by atoms with van der Waals surface area (Å²) in [5.74, 6) is 0.156. The van der Waals surface area contributed by atoms with Gasteiger partial charge in [-0.25, -0.2) is 4.58 Å². The van der Waals surface area contributed by atoms with Gasteiger partial charge in [0.15, 0.2) is 6.21 Å². The summed E-state index contributed by atoms with van der Waals surface area (Å²) in [5, 5.41) is 2.49. The van der Waals surface area contributed by atoms with Crippen LogP contribution in [0.4, 0.5) is 5.69 Å². The summed E-state index contributed by atoms with van der Waals surface area (Å²) in [6, 6.07) is 12.6. The molecule has 1 aliphatic heterocycles. The smallest absolute Gasteiger partial charge is 0.265 e. The van der Waals surface area contributed by atoms with Crippen molar-refractivity contribution in [2.24, 2.45) is 0 Å². The van der Waals surface area contributed by atoms with E-state index in [1.807, 2.05) is 6.07 Å². The SMILES string of the molecule is CCC1C=[N+](CCCS(=O)(=O)O)c2ccc3ccccc3c21.[OH-]. The summed E-state index contributed by atoms with van der Waals surface area (Å²) in [7, 11) is -3.89. The Labute approximate surface area is 136 Å². The summed E-state index contributed by atoms with van der Waals surface area (Å²) in [5.41, 5.74) is 2.48. The van der Waals surface area contributed by atoms with Crippen LogP contribution < -0.4 is 0 Å². The second kappa shape index (κ2) is 6.78. The van der Waals surface area contributed by atoms with Crippen LogP contribution in [0.2, 0.25) is 0 Å². The van der Waals surface area contributed by atoms with Gasteiger partial charge in [-0.2, -0.15) is 8.42 Å². The van der Waals surface area contributed by atoms with Gasteiger partial charge in [-0.05, 0) is 23.3 Å². The molecule has 23 heavy (non-hydrogen) atoms. The zero-order chi connectivity index (χ0) is 15.7. The van der Waals surface area contributed by atoms with Crippen LogP contribution in [0.25, 0.3) is 10.8 Å². The van der Waals surface area contributed by atoms with E-state index in [0.717, 1.165) is 12.1 Å². The number of benzene rings is 2. The third kappa shape index (κ3) is 3.60. The number of rotatable bonds is 5. The highest BCUT2D eigenvalue weighted by molar-refractivity contribution is 7.85. The summed E-state index contributed by atoms with van der Waals surface area (Å²) < 4.78 is 32.7. The predicted molar refractivity (Wildman–Crippen MR) is 90.8 cm³/mol. The zero-order valence-electron chi connectivity index (χ0n) is 13.0. The van der Waals surface area contributed by atoms with Crippen molar-refractivity contribution in [2.45, 2.75) is 25.7 Å². The van der Waals surface area contributed by atoms with Crippen molar-refractivity contribution in [3.8, 4) is 0 Å². The van der Waals surface area contributed by atoms with Crippen LogP contribution in [0.1, 0.15) is 31.2 Å². The lowest BCUT2D eigenvalue weighted by Gasteiger charge is -2.07. The van der Waals surface area contributed by atoms with Crippen molar-refractivity contribution >= 4 is 32.8 Å². The minimum atomic E-state index is -3.89. The van der Waals surface area contributed by atoms with E-state index in [2.05, 4.69) is 48.0 Å². The van der Waals surface area contributed by atoms with Gasteiger partial charge in [0.2, 0.25) is 5.69 Å². The molecule has 0 amide bonds. The first-order valence-electron chi connectivity index (χ1n) is 7.58. The fourth-order valence-electron chi connectivity index (χ4n) is 3.22. The lowest BCUT2D eigenvalue weighted by Crippen LogP contribution is -2.12. The fourth-order valence-corrected chi connectivity index (χ4v) is 3.71. The molecule has 6 heteroatoms. The Balaban J connectivity index is 0.00000192. The Morgan fingerprint density at radius 1 is 1.17 bits per heavy atom. The van der Waals surface area contributed by atoms with E-state index in [0.29, 0.717) is 18.9 Å². The van der Waals surface area contributed by atoms with E-state index in [-0.39, 0.29) is 11.2 Å². The van der Waals surface area contributed by atoms with Crippen LogP contribution in [0, 0.1) is 0 Å². The molecule has 0 saturated carbocycles. The lowest BCUT2D eigenvalue weighted by molar-refractivity contribution is -0.432. The van der Waals surface area contributed by atoms with E-state index in [1.54, 1.807) is 0 Å². The van der Waals surface area contributed by atoms with Gasteiger partial charge in [0.25, 0.3) is 10.1 Å². The van der Waals surface area contributed by atoms with Gasteiger partial charge in [0, 0.05) is 18.1 Å². The molecule has 0 spiro atoms. The molecule has 2 aromatic rings. The van der Waals surface area contributed by atoms with Crippen molar-refractivity contribution in [3.05, 3.63) is 42.0 Å². The van der Waals surface area contributed by atoms with Crippen molar-refractivity contribution < 1.29 is 23.0 Å². The predicted octanol–water partition coefficient (Wildman–Crippen LogP) is 3.16. The zero-order valence-corrected chi connectivity index (χ0v) is 13.8. The molecule has 2 aromatic carbocycles. The maximum atomic E-state index is 10.9. The van der Waals surface area contributed by atoms with Crippen LogP contribution >= 0.6 is 0 Å². The average molecular weight is 335 g/mol. The molecule has 5 nitrogen and oxygen atoms in total. The van der Waals surface area contributed by atoms with E-state index >= 15 is 0 Å². The van der Waals surface area contributed by atoms with Gasteiger partial charge >= 0.3 is 0 Å². The summed E-state index contributed by atoms with van der Waals surface area (Å²) >= 11 is 0. The molecule has 1 atom stereocenters. The molecule has 0 radical (unpaired) electrons. The van der Waals surface area contributed by atoms with Crippen LogP contribution in [0.3, 0.4) is 0 Å². The minimum Gasteiger partial charge on any atom is -0.870 e. The van der Waals surface area contributed by atoms with Crippen LogP contribution in [-0.4, -0.2) is 41.5 Å². The molecule has 2 N–H and O–H groups in total. The third-order valence-corrected chi connectivity index (χ3v) is 5.03. The summed E-state index contributed by atoms with van der Waals surface area (Å²) in [6.45, 7) is 2.76. The third-order valence-electron chi connectivity index (χ3n) is 4.23. The highest BCUT2D eigenvalue weighted by Gasteiger charge is 2.31. The Morgan fingerprint density at radius 2 is 1.91 bits per heavy atom. The largest absolute Gasteiger partial charge is 0.870 e. The molecule has 1 aliphatic rings. The second-order valence-corrected chi connectivity index (χ2v) is 7.29. The van der Waals surface area contributed by atoms with Crippen molar-refractivity contribution in [1.82, 2.24) is 0 Å². The van der Waals surface area contributed by atoms with Gasteiger partial charge in [0.05, 0.1) is 11.7 Å². The first-order chi connectivity index (χ1) is 10.5. The Morgan fingerprint density at radius 3 is 2.61 bits per heavy atom. The first kappa shape index (κ1) is 17.6. The summed E-state index contributed by atoms with van der Waals surface area (Å²) in [4.78, 5) is 0. The molecule has 1 unspecified atom stereocenters. The van der Waals surface area contributed by atoms with E-state index in [4.69, 9.17) is 4.55 Å². The van der Waals surface area contributed by atoms with E-state index in [1.165, 1.54) is 16.3 Å². The molecule has 0 aliphatic carbocycles. The number of hydrogen-bond donors (Lipinski definition) is 1. The Bertz CT molecular complexity index is 843. The van der Waals surface area contributed by atoms with Crippen molar-refractivity contribution in [1.29, 1.82) is 0 Å². The molecular weight excluding hydrogens is 314 g/mol. The van der Waals surface area contributed by atoms with Crippen LogP contribution in [-0.2, 0) is 10.1 Å². The standard InChI is InChI=1S/C17H19NO3S.H2O/c1-2-13-12-18(10-5-11-22(19,20)21)16-9-8-14-6-3-4-7-15(14)17(13)16;/h3-4,6-9,12-13H,2,5,10-11H2,1H3;1H2. The quantitative estimate of drug-likeness (QED) is 0.671. The van der Waals surface area contributed by atoms with Gasteiger partial charge < -0.3 is 5.48 Å². The van der Waals surface area contributed by atoms with Gasteiger partial charge in [-0.3, -0.25) is 4.55 Å². The molecule has 3 rings (SSSR count). The molecule has 1 heterocycles. The van der Waals surface area contributed by atoms with E-state index in [9.17, 15) is 8.42 Å². The molecule has 0 aromatic heterocycles. The maximum absolute atomic E-state index is 10.9. The summed E-state index contributed by atoms with van der Waals surface area (Å²) in [6.07, 6.45) is 3.61. The number of fused-ring (bicyclic) bond motifs is 3. The molecule has 0 saturated heterocycles. The highest BCUT2D eigenvalue weighted by atomic mass is 32.2. The normalized spacial score (nSPS) is 16.8. The number of nitrogens with zero attached hydrogens (tertiary/aromatic N) is 1.